The van der Waals surface area contributed by atoms with E-state index in [4.69, 9.17) is 27.9 Å². The van der Waals surface area contributed by atoms with Gasteiger partial charge in [-0.2, -0.15) is 5.10 Å². The molecule has 0 aliphatic carbocycles. The molecule has 6 nitrogen and oxygen atoms in total. The molecule has 0 saturated carbocycles. The van der Waals surface area contributed by atoms with Crippen molar-refractivity contribution >= 4 is 34.9 Å². The van der Waals surface area contributed by atoms with Crippen LogP contribution in [0.5, 0.6) is 5.75 Å². The maximum absolute atomic E-state index is 11.3. The molecule has 8 heteroatoms. The maximum atomic E-state index is 11.3. The predicted molar refractivity (Wildman–Crippen MR) is 149 cm³/mol. The van der Waals surface area contributed by atoms with Gasteiger partial charge in [0.15, 0.2) is 0 Å². The van der Waals surface area contributed by atoms with Crippen LogP contribution >= 0.6 is 23.2 Å². The summed E-state index contributed by atoms with van der Waals surface area (Å²) in [6, 6.07) is 18.3. The molecule has 0 unspecified atom stereocenters. The highest BCUT2D eigenvalue weighted by Gasteiger charge is 2.19. The summed E-state index contributed by atoms with van der Waals surface area (Å²) in [4.78, 5) is 13.4. The zero-order valence-electron chi connectivity index (χ0n) is 21.2. The number of halogens is 2. The number of rotatable bonds is 9. The Balaban J connectivity index is 1.54. The lowest BCUT2D eigenvalue weighted by molar-refractivity contribution is 0.0696. The van der Waals surface area contributed by atoms with Gasteiger partial charge < -0.3 is 14.7 Å². The van der Waals surface area contributed by atoms with E-state index < -0.39 is 5.97 Å². The average molecular weight is 538 g/mol. The first-order valence-electron chi connectivity index (χ1n) is 11.9. The van der Waals surface area contributed by atoms with Crippen molar-refractivity contribution in [2.75, 3.05) is 11.9 Å². The summed E-state index contributed by atoms with van der Waals surface area (Å²) in [5.41, 5.74) is 5.87. The van der Waals surface area contributed by atoms with Crippen LogP contribution in [-0.2, 0) is 13.2 Å². The molecule has 4 rings (SSSR count). The number of benzene rings is 3. The molecule has 1 heterocycles. The molecule has 0 saturated heterocycles. The third-order valence-electron chi connectivity index (χ3n) is 6.22. The monoisotopic (exact) mass is 537 g/mol. The smallest absolute Gasteiger partial charge is 0.335 e. The van der Waals surface area contributed by atoms with Crippen LogP contribution in [0.4, 0.5) is 5.69 Å². The van der Waals surface area contributed by atoms with Crippen molar-refractivity contribution in [3.8, 4) is 11.4 Å². The van der Waals surface area contributed by atoms with Crippen LogP contribution in [0, 0.1) is 6.92 Å². The Labute approximate surface area is 227 Å². The molecular weight excluding hydrogens is 509 g/mol. The van der Waals surface area contributed by atoms with E-state index in [1.165, 1.54) is 0 Å². The molecule has 0 atom stereocenters. The van der Waals surface area contributed by atoms with E-state index in [2.05, 4.69) is 23.8 Å². The first-order valence-corrected chi connectivity index (χ1v) is 12.7. The number of aromatic carboxylic acids is 1. The second-order valence-electron chi connectivity index (χ2n) is 9.28. The SMILES string of the molecule is Cc1cc(OCc2c(C(C)C)cnn2-c2c(Cl)cccc2Cl)ccc1N(C)Cc1cccc(C(=O)O)c1. The summed E-state index contributed by atoms with van der Waals surface area (Å²) in [5, 5.41) is 14.9. The van der Waals surface area contributed by atoms with Gasteiger partial charge in [0.1, 0.15) is 18.0 Å². The lowest BCUT2D eigenvalue weighted by Crippen LogP contribution is -2.17. The first kappa shape index (κ1) is 26.6. The molecule has 0 bridgehead atoms. The molecule has 0 aliphatic heterocycles. The van der Waals surface area contributed by atoms with Gasteiger partial charge in [-0.1, -0.05) is 55.2 Å². The minimum Gasteiger partial charge on any atom is -0.487 e. The standard InChI is InChI=1S/C29H29Cl2N3O3/c1-18(2)23-15-32-34(28-24(30)9-6-10-25(28)31)27(23)17-37-22-11-12-26(19(3)13-22)33(4)16-20-7-5-8-21(14-20)29(35)36/h5-15,18H,16-17H2,1-4H3,(H,35,36). The van der Waals surface area contributed by atoms with Gasteiger partial charge in [0.05, 0.1) is 27.5 Å². The van der Waals surface area contributed by atoms with Gasteiger partial charge in [-0.25, -0.2) is 9.48 Å². The normalized spacial score (nSPS) is 11.1. The fourth-order valence-corrected chi connectivity index (χ4v) is 4.91. The highest BCUT2D eigenvalue weighted by Crippen LogP contribution is 2.32. The molecule has 37 heavy (non-hydrogen) atoms. The quantitative estimate of drug-likeness (QED) is 0.239. The molecular formula is C29H29Cl2N3O3. The number of aromatic nitrogens is 2. The van der Waals surface area contributed by atoms with Crippen molar-refractivity contribution in [2.24, 2.45) is 0 Å². The van der Waals surface area contributed by atoms with Gasteiger partial charge in [-0.15, -0.1) is 0 Å². The number of nitrogens with zero attached hydrogens (tertiary/aromatic N) is 3. The van der Waals surface area contributed by atoms with E-state index in [0.29, 0.717) is 28.9 Å². The molecule has 0 aliphatic rings. The molecule has 0 amide bonds. The van der Waals surface area contributed by atoms with Crippen LogP contribution in [0.25, 0.3) is 5.69 Å². The molecule has 0 spiro atoms. The predicted octanol–water partition coefficient (Wildman–Crippen LogP) is 7.52. The van der Waals surface area contributed by atoms with Gasteiger partial charge in [0.25, 0.3) is 0 Å². The number of ether oxygens (including phenoxy) is 1. The van der Waals surface area contributed by atoms with Crippen LogP contribution in [0.2, 0.25) is 10.0 Å². The van der Waals surface area contributed by atoms with E-state index in [1.54, 1.807) is 41.1 Å². The number of hydrogen-bond donors (Lipinski definition) is 1. The molecule has 1 aromatic heterocycles. The van der Waals surface area contributed by atoms with Gasteiger partial charge in [-0.3, -0.25) is 0 Å². The Bertz CT molecular complexity index is 1410. The topological polar surface area (TPSA) is 67.6 Å². The van der Waals surface area contributed by atoms with Gasteiger partial charge in [0, 0.05) is 19.3 Å². The minimum atomic E-state index is -0.930. The second kappa shape index (κ2) is 11.3. The third kappa shape index (κ3) is 5.92. The Morgan fingerprint density at radius 1 is 1.08 bits per heavy atom. The van der Waals surface area contributed by atoms with Crippen molar-refractivity contribution in [1.29, 1.82) is 0 Å². The van der Waals surface area contributed by atoms with E-state index in [9.17, 15) is 9.90 Å². The third-order valence-corrected chi connectivity index (χ3v) is 6.83. The van der Waals surface area contributed by atoms with Crippen molar-refractivity contribution in [3.05, 3.63) is 105 Å². The Kier molecular flexibility index (Phi) is 8.10. The molecule has 0 fully saturated rings. The fourth-order valence-electron chi connectivity index (χ4n) is 4.36. The summed E-state index contributed by atoms with van der Waals surface area (Å²) in [7, 11) is 1.98. The summed E-state index contributed by atoms with van der Waals surface area (Å²) in [6.07, 6.45) is 1.84. The number of para-hydroxylation sites is 1. The minimum absolute atomic E-state index is 0.242. The summed E-state index contributed by atoms with van der Waals surface area (Å²) in [6.45, 7) is 7.13. The lowest BCUT2D eigenvalue weighted by atomic mass is 10.0. The second-order valence-corrected chi connectivity index (χ2v) is 10.1. The molecule has 192 valence electrons. The van der Waals surface area contributed by atoms with E-state index in [1.807, 2.05) is 44.4 Å². The zero-order chi connectivity index (χ0) is 26.7. The van der Waals surface area contributed by atoms with E-state index >= 15 is 0 Å². The summed E-state index contributed by atoms with van der Waals surface area (Å²) in [5.74, 6) is 0.0437. The number of carbonyl (C=O) groups is 1. The fraction of sp³-hybridized carbons (Fsp3) is 0.241. The van der Waals surface area contributed by atoms with Gasteiger partial charge in [-0.05, 0) is 72.0 Å². The Hall–Kier alpha value is -3.48. The van der Waals surface area contributed by atoms with Crippen LogP contribution in [-0.4, -0.2) is 27.9 Å². The molecule has 3 aromatic carbocycles. The highest BCUT2D eigenvalue weighted by molar-refractivity contribution is 6.37. The number of carboxylic acid groups (broad SMARTS) is 1. The maximum Gasteiger partial charge on any atom is 0.335 e. The Morgan fingerprint density at radius 3 is 2.43 bits per heavy atom. The van der Waals surface area contributed by atoms with Crippen molar-refractivity contribution < 1.29 is 14.6 Å². The summed E-state index contributed by atoms with van der Waals surface area (Å²) < 4.78 is 7.99. The molecule has 4 aromatic rings. The van der Waals surface area contributed by atoms with Crippen molar-refractivity contribution in [2.45, 2.75) is 39.8 Å². The van der Waals surface area contributed by atoms with Crippen LogP contribution in [0.1, 0.15) is 52.5 Å². The number of hydrogen-bond acceptors (Lipinski definition) is 4. The van der Waals surface area contributed by atoms with Crippen LogP contribution in [0.15, 0.2) is 66.9 Å². The van der Waals surface area contributed by atoms with Crippen LogP contribution in [0.3, 0.4) is 0 Å². The number of aryl methyl sites for hydroxylation is 1. The van der Waals surface area contributed by atoms with E-state index in [0.717, 1.165) is 33.8 Å². The van der Waals surface area contributed by atoms with E-state index in [-0.39, 0.29) is 11.5 Å². The first-order chi connectivity index (χ1) is 17.7. The largest absolute Gasteiger partial charge is 0.487 e. The molecule has 1 N–H and O–H groups in total. The average Bonchev–Trinajstić information content (AvgIpc) is 3.26. The Morgan fingerprint density at radius 2 is 1.78 bits per heavy atom. The van der Waals surface area contributed by atoms with Crippen molar-refractivity contribution in [1.82, 2.24) is 9.78 Å². The number of anilines is 1. The lowest BCUT2D eigenvalue weighted by Gasteiger charge is -2.22. The highest BCUT2D eigenvalue weighted by atomic mass is 35.5. The zero-order valence-corrected chi connectivity index (χ0v) is 22.7. The van der Waals surface area contributed by atoms with Gasteiger partial charge >= 0.3 is 5.97 Å². The summed E-state index contributed by atoms with van der Waals surface area (Å²) >= 11 is 12.9. The van der Waals surface area contributed by atoms with Gasteiger partial charge in [0.2, 0.25) is 0 Å². The van der Waals surface area contributed by atoms with Crippen LogP contribution < -0.4 is 9.64 Å². The van der Waals surface area contributed by atoms with Crippen molar-refractivity contribution in [3.63, 3.8) is 0 Å². The molecule has 0 radical (unpaired) electrons. The number of carboxylic acids is 1.